The van der Waals surface area contributed by atoms with Crippen molar-refractivity contribution < 1.29 is 9.21 Å². The minimum absolute atomic E-state index is 0.190. The third-order valence-electron chi connectivity index (χ3n) is 4.77. The van der Waals surface area contributed by atoms with Crippen molar-refractivity contribution in [2.24, 2.45) is 4.99 Å². The van der Waals surface area contributed by atoms with Gasteiger partial charge in [0.15, 0.2) is 10.9 Å². The molecule has 0 radical (unpaired) electrons. The third-order valence-corrected chi connectivity index (χ3v) is 5.67. The molecule has 0 unspecified atom stereocenters. The number of amides is 1. The SMILES string of the molecule is O=C(Cn1nc(-c2ccco2)ccc1=O)Nc1ccc(C2=CSC3=NCCN23)cc1. The molecule has 150 valence electrons. The van der Waals surface area contributed by atoms with Crippen LogP contribution in [0.15, 0.2) is 74.4 Å². The summed E-state index contributed by atoms with van der Waals surface area (Å²) in [5.41, 5.74) is 2.98. The number of aliphatic imine (C=N–C) groups is 1. The third kappa shape index (κ3) is 3.55. The molecule has 1 aromatic carbocycles. The Morgan fingerprint density at radius 1 is 1.17 bits per heavy atom. The Labute approximate surface area is 175 Å². The summed E-state index contributed by atoms with van der Waals surface area (Å²) in [5.74, 6) is 0.198. The molecule has 3 aromatic rings. The first-order chi connectivity index (χ1) is 14.7. The Morgan fingerprint density at radius 3 is 2.83 bits per heavy atom. The molecule has 1 N–H and O–H groups in total. The van der Waals surface area contributed by atoms with E-state index in [2.05, 4.69) is 25.7 Å². The summed E-state index contributed by atoms with van der Waals surface area (Å²) < 4.78 is 6.42. The molecule has 0 spiro atoms. The molecule has 2 aliphatic heterocycles. The number of aromatic nitrogens is 2. The molecule has 0 saturated carbocycles. The van der Waals surface area contributed by atoms with E-state index in [0.717, 1.165) is 34.2 Å². The Balaban J connectivity index is 1.27. The van der Waals surface area contributed by atoms with Gasteiger partial charge in [-0.05, 0) is 35.9 Å². The molecule has 9 heteroatoms. The molecule has 0 fully saturated rings. The number of thioether (sulfide) groups is 1. The number of carbonyl (C=O) groups is 1. The molecule has 30 heavy (non-hydrogen) atoms. The standard InChI is InChI=1S/C21H17N5O3S/c27-19(12-26-20(28)8-7-16(24-26)18-2-1-11-29-18)23-15-5-3-14(4-6-15)17-13-30-21-22-9-10-25(17)21/h1-8,11,13H,9-10,12H2,(H,23,27). The van der Waals surface area contributed by atoms with E-state index in [1.165, 1.54) is 12.3 Å². The highest BCUT2D eigenvalue weighted by atomic mass is 32.2. The molecule has 5 rings (SSSR count). The van der Waals surface area contributed by atoms with Gasteiger partial charge in [0.1, 0.15) is 12.2 Å². The van der Waals surface area contributed by atoms with E-state index in [-0.39, 0.29) is 18.0 Å². The number of rotatable bonds is 5. The molecule has 2 aliphatic rings. The Bertz CT molecular complexity index is 1210. The maximum Gasteiger partial charge on any atom is 0.267 e. The van der Waals surface area contributed by atoms with Crippen molar-refractivity contribution in [2.75, 3.05) is 18.4 Å². The van der Waals surface area contributed by atoms with E-state index < -0.39 is 0 Å². The molecule has 0 aliphatic carbocycles. The van der Waals surface area contributed by atoms with Crippen molar-refractivity contribution in [3.05, 3.63) is 76.1 Å². The maximum atomic E-state index is 12.4. The molecule has 0 saturated heterocycles. The van der Waals surface area contributed by atoms with Crippen LogP contribution in [0.5, 0.6) is 0 Å². The molecule has 2 aromatic heterocycles. The zero-order valence-corrected chi connectivity index (χ0v) is 16.6. The zero-order chi connectivity index (χ0) is 20.5. The van der Waals surface area contributed by atoms with Crippen LogP contribution in [0.4, 0.5) is 5.69 Å². The normalized spacial score (nSPS) is 15.0. The van der Waals surface area contributed by atoms with E-state index in [1.807, 2.05) is 24.3 Å². The van der Waals surface area contributed by atoms with E-state index in [4.69, 9.17) is 4.42 Å². The van der Waals surface area contributed by atoms with Gasteiger partial charge in [-0.25, -0.2) is 4.68 Å². The summed E-state index contributed by atoms with van der Waals surface area (Å²) >= 11 is 1.63. The average Bonchev–Trinajstić information content (AvgIpc) is 3.49. The highest BCUT2D eigenvalue weighted by Crippen LogP contribution is 2.35. The molecule has 4 heterocycles. The van der Waals surface area contributed by atoms with Gasteiger partial charge in [-0.15, -0.1) is 0 Å². The lowest BCUT2D eigenvalue weighted by atomic mass is 10.1. The number of furan rings is 1. The Kier molecular flexibility index (Phi) is 4.72. The van der Waals surface area contributed by atoms with Gasteiger partial charge in [0.2, 0.25) is 5.91 Å². The first-order valence-electron chi connectivity index (χ1n) is 9.38. The number of nitrogens with zero attached hydrogens (tertiary/aromatic N) is 4. The summed E-state index contributed by atoms with van der Waals surface area (Å²) in [5, 5.41) is 10.2. The number of anilines is 1. The van der Waals surface area contributed by atoms with E-state index >= 15 is 0 Å². The first kappa shape index (κ1) is 18.4. The molecule has 0 bridgehead atoms. The first-order valence-corrected chi connectivity index (χ1v) is 10.3. The largest absolute Gasteiger partial charge is 0.463 e. The quantitative estimate of drug-likeness (QED) is 0.684. The Hall–Kier alpha value is -3.59. The predicted molar refractivity (Wildman–Crippen MR) is 116 cm³/mol. The van der Waals surface area contributed by atoms with Crippen molar-refractivity contribution in [3.8, 4) is 11.5 Å². The second-order valence-electron chi connectivity index (χ2n) is 6.75. The minimum Gasteiger partial charge on any atom is -0.463 e. The van der Waals surface area contributed by atoms with Gasteiger partial charge in [-0.3, -0.25) is 14.6 Å². The van der Waals surface area contributed by atoms with E-state index in [1.54, 1.807) is 30.0 Å². The predicted octanol–water partition coefficient (Wildman–Crippen LogP) is 2.86. The summed E-state index contributed by atoms with van der Waals surface area (Å²) in [4.78, 5) is 31.2. The zero-order valence-electron chi connectivity index (χ0n) is 15.8. The van der Waals surface area contributed by atoms with Gasteiger partial charge in [0.25, 0.3) is 5.56 Å². The lowest BCUT2D eigenvalue weighted by Crippen LogP contribution is -2.29. The van der Waals surface area contributed by atoms with E-state index in [0.29, 0.717) is 17.1 Å². The monoisotopic (exact) mass is 419 g/mol. The highest BCUT2D eigenvalue weighted by Gasteiger charge is 2.26. The number of amidine groups is 1. The van der Waals surface area contributed by atoms with Gasteiger partial charge in [0, 0.05) is 23.7 Å². The van der Waals surface area contributed by atoms with Crippen LogP contribution < -0.4 is 10.9 Å². The number of hydrogen-bond acceptors (Lipinski definition) is 7. The highest BCUT2D eigenvalue weighted by molar-refractivity contribution is 8.16. The van der Waals surface area contributed by atoms with Gasteiger partial charge in [0.05, 0.1) is 18.5 Å². The fourth-order valence-electron chi connectivity index (χ4n) is 3.33. The maximum absolute atomic E-state index is 12.4. The number of nitrogens with one attached hydrogen (secondary N) is 1. The number of benzene rings is 1. The lowest BCUT2D eigenvalue weighted by molar-refractivity contribution is -0.117. The van der Waals surface area contributed by atoms with Crippen LogP contribution in [0, 0.1) is 0 Å². The van der Waals surface area contributed by atoms with Crippen molar-refractivity contribution in [2.45, 2.75) is 6.54 Å². The van der Waals surface area contributed by atoms with Crippen LogP contribution in [0.3, 0.4) is 0 Å². The average molecular weight is 419 g/mol. The van der Waals surface area contributed by atoms with Crippen molar-refractivity contribution in [1.82, 2.24) is 14.7 Å². The van der Waals surface area contributed by atoms with Crippen LogP contribution in [0.25, 0.3) is 17.2 Å². The molecular weight excluding hydrogens is 402 g/mol. The second-order valence-corrected chi connectivity index (χ2v) is 7.59. The topological polar surface area (TPSA) is 92.7 Å². The lowest BCUT2D eigenvalue weighted by Gasteiger charge is -2.17. The summed E-state index contributed by atoms with van der Waals surface area (Å²) in [6.45, 7) is 1.53. The molecular formula is C21H17N5O3S. The smallest absolute Gasteiger partial charge is 0.267 e. The van der Waals surface area contributed by atoms with Gasteiger partial charge in [-0.1, -0.05) is 23.9 Å². The van der Waals surface area contributed by atoms with Crippen molar-refractivity contribution in [1.29, 1.82) is 0 Å². The summed E-state index contributed by atoms with van der Waals surface area (Å²) in [7, 11) is 0. The number of hydrogen-bond donors (Lipinski definition) is 1. The van der Waals surface area contributed by atoms with Crippen molar-refractivity contribution >= 4 is 34.2 Å². The van der Waals surface area contributed by atoms with E-state index in [9.17, 15) is 9.59 Å². The number of carbonyl (C=O) groups excluding carboxylic acids is 1. The van der Waals surface area contributed by atoms with Gasteiger partial charge in [-0.2, -0.15) is 5.10 Å². The van der Waals surface area contributed by atoms with Crippen LogP contribution in [-0.2, 0) is 11.3 Å². The van der Waals surface area contributed by atoms with Crippen LogP contribution in [0.2, 0.25) is 0 Å². The van der Waals surface area contributed by atoms with Crippen LogP contribution >= 0.6 is 11.8 Å². The minimum atomic E-state index is -0.357. The van der Waals surface area contributed by atoms with Gasteiger partial charge >= 0.3 is 0 Å². The fraction of sp³-hybridized carbons (Fsp3) is 0.143. The van der Waals surface area contributed by atoms with Crippen molar-refractivity contribution in [3.63, 3.8) is 0 Å². The Morgan fingerprint density at radius 2 is 2.03 bits per heavy atom. The molecule has 1 amide bonds. The fourth-order valence-corrected chi connectivity index (χ4v) is 4.29. The molecule has 0 atom stereocenters. The van der Waals surface area contributed by atoms with Crippen LogP contribution in [0.1, 0.15) is 5.56 Å². The number of fused-ring (bicyclic) bond motifs is 1. The van der Waals surface area contributed by atoms with Crippen LogP contribution in [-0.4, -0.2) is 38.8 Å². The summed E-state index contributed by atoms with van der Waals surface area (Å²) in [6, 6.07) is 14.0. The molecule has 8 nitrogen and oxygen atoms in total. The summed E-state index contributed by atoms with van der Waals surface area (Å²) in [6.07, 6.45) is 1.53. The van der Waals surface area contributed by atoms with Gasteiger partial charge < -0.3 is 14.6 Å². The second kappa shape index (κ2) is 7.68.